The molecule has 2 rings (SSSR count). The van der Waals surface area contributed by atoms with Crippen LogP contribution in [0.25, 0.3) is 0 Å². The lowest BCUT2D eigenvalue weighted by molar-refractivity contribution is -0.125. The highest BCUT2D eigenvalue weighted by Crippen LogP contribution is 2.06. The highest BCUT2D eigenvalue weighted by molar-refractivity contribution is 6.29. The molecule has 0 bridgehead atoms. The summed E-state index contributed by atoms with van der Waals surface area (Å²) in [5, 5.41) is 0.216. The number of hydrogen-bond donors (Lipinski definition) is 2. The first-order valence-electron chi connectivity index (χ1n) is 6.59. The summed E-state index contributed by atoms with van der Waals surface area (Å²) in [7, 11) is 0. The molecule has 0 aliphatic heterocycles. The van der Waals surface area contributed by atoms with Crippen molar-refractivity contribution in [3.63, 3.8) is 0 Å². The van der Waals surface area contributed by atoms with Crippen molar-refractivity contribution < 1.29 is 23.5 Å². The third-order valence-corrected chi connectivity index (χ3v) is 2.94. The molecule has 0 atom stereocenters. The molecule has 124 valence electrons. The largest absolute Gasteiger partial charge is 0.452 e. The molecule has 1 aromatic heterocycles. The zero-order valence-electron chi connectivity index (χ0n) is 12.1. The summed E-state index contributed by atoms with van der Waals surface area (Å²) in [6.07, 6.45) is 1.21. The van der Waals surface area contributed by atoms with Crippen molar-refractivity contribution >= 4 is 29.4 Å². The van der Waals surface area contributed by atoms with Gasteiger partial charge < -0.3 is 4.74 Å². The van der Waals surface area contributed by atoms with E-state index in [0.29, 0.717) is 0 Å². The normalized spacial score (nSPS) is 9.92. The molecule has 9 heteroatoms. The Morgan fingerprint density at radius 2 is 1.71 bits per heavy atom. The standard InChI is InChI=1S/C15H11ClFN3O4/c16-12-6-3-10(7-18-12)15(23)24-8-13(21)19-20-14(22)9-1-4-11(17)5-2-9/h1-7H,8H2,(H,19,21)(H,20,22). The van der Waals surface area contributed by atoms with Crippen LogP contribution in [-0.2, 0) is 9.53 Å². The van der Waals surface area contributed by atoms with Crippen LogP contribution in [0.2, 0.25) is 5.15 Å². The second kappa shape index (κ2) is 8.02. The quantitative estimate of drug-likeness (QED) is 0.494. The van der Waals surface area contributed by atoms with Gasteiger partial charge in [-0.15, -0.1) is 0 Å². The van der Waals surface area contributed by atoms with E-state index >= 15 is 0 Å². The van der Waals surface area contributed by atoms with Gasteiger partial charge in [-0.1, -0.05) is 11.6 Å². The Hall–Kier alpha value is -3.00. The first-order chi connectivity index (χ1) is 11.5. The molecular formula is C15H11ClFN3O4. The van der Waals surface area contributed by atoms with Gasteiger partial charge in [0.1, 0.15) is 11.0 Å². The van der Waals surface area contributed by atoms with Gasteiger partial charge in [-0.2, -0.15) is 0 Å². The summed E-state index contributed by atoms with van der Waals surface area (Å²) >= 11 is 5.59. The molecule has 0 unspecified atom stereocenters. The molecule has 1 aromatic carbocycles. The smallest absolute Gasteiger partial charge is 0.340 e. The molecule has 0 saturated heterocycles. The van der Waals surface area contributed by atoms with E-state index in [1.165, 1.54) is 30.5 Å². The molecule has 2 aromatic rings. The average molecular weight is 352 g/mol. The van der Waals surface area contributed by atoms with Crippen LogP contribution in [0.1, 0.15) is 20.7 Å². The highest BCUT2D eigenvalue weighted by atomic mass is 35.5. The predicted octanol–water partition coefficient (Wildman–Crippen LogP) is 1.49. The number of hydrogen-bond acceptors (Lipinski definition) is 5. The van der Waals surface area contributed by atoms with Crippen molar-refractivity contribution in [1.29, 1.82) is 0 Å². The summed E-state index contributed by atoms with van der Waals surface area (Å²) in [5.41, 5.74) is 4.45. The lowest BCUT2D eigenvalue weighted by Gasteiger charge is -2.08. The third kappa shape index (κ3) is 5.03. The monoisotopic (exact) mass is 351 g/mol. The van der Waals surface area contributed by atoms with E-state index in [9.17, 15) is 18.8 Å². The molecule has 0 fully saturated rings. The van der Waals surface area contributed by atoms with E-state index < -0.39 is 30.2 Å². The summed E-state index contributed by atoms with van der Waals surface area (Å²) in [4.78, 5) is 38.5. The number of amides is 2. The Bertz CT molecular complexity index is 687. The Labute approximate surface area is 140 Å². The fraction of sp³-hybridized carbons (Fsp3) is 0.0667. The number of nitrogens with zero attached hydrogens (tertiary/aromatic N) is 1. The number of hydrazine groups is 1. The molecule has 7 nitrogen and oxygen atoms in total. The van der Waals surface area contributed by atoms with Crippen LogP contribution in [0, 0.1) is 5.82 Å². The molecule has 24 heavy (non-hydrogen) atoms. The van der Waals surface area contributed by atoms with E-state index in [-0.39, 0.29) is 16.3 Å². The molecular weight excluding hydrogens is 341 g/mol. The van der Waals surface area contributed by atoms with Crippen LogP contribution in [-0.4, -0.2) is 29.4 Å². The lowest BCUT2D eigenvalue weighted by Crippen LogP contribution is -2.43. The average Bonchev–Trinajstić information content (AvgIpc) is 2.58. The fourth-order valence-electron chi connectivity index (χ4n) is 1.55. The van der Waals surface area contributed by atoms with Crippen molar-refractivity contribution in [2.45, 2.75) is 0 Å². The Morgan fingerprint density at radius 1 is 1.04 bits per heavy atom. The van der Waals surface area contributed by atoms with Crippen LogP contribution >= 0.6 is 11.6 Å². The number of halogens is 2. The summed E-state index contributed by atoms with van der Waals surface area (Å²) < 4.78 is 17.5. The number of aromatic nitrogens is 1. The van der Waals surface area contributed by atoms with Crippen LogP contribution in [0.5, 0.6) is 0 Å². The minimum absolute atomic E-state index is 0.127. The molecule has 1 heterocycles. The minimum atomic E-state index is -0.765. The number of rotatable bonds is 4. The number of ether oxygens (including phenoxy) is 1. The Kier molecular flexibility index (Phi) is 5.80. The minimum Gasteiger partial charge on any atom is -0.452 e. The third-order valence-electron chi connectivity index (χ3n) is 2.72. The number of carbonyl (C=O) groups excluding carboxylic acids is 3. The van der Waals surface area contributed by atoms with Crippen molar-refractivity contribution in [1.82, 2.24) is 15.8 Å². The van der Waals surface area contributed by atoms with Crippen molar-refractivity contribution in [3.05, 3.63) is 64.7 Å². The van der Waals surface area contributed by atoms with Crippen LogP contribution in [0.15, 0.2) is 42.6 Å². The summed E-state index contributed by atoms with van der Waals surface area (Å²) in [5.74, 6) is -2.64. The maximum absolute atomic E-state index is 12.7. The van der Waals surface area contributed by atoms with Gasteiger partial charge in [0.25, 0.3) is 11.8 Å². The van der Waals surface area contributed by atoms with E-state index in [0.717, 1.165) is 12.1 Å². The zero-order valence-corrected chi connectivity index (χ0v) is 12.8. The molecule has 2 amide bonds. The summed E-state index contributed by atoms with van der Waals surface area (Å²) in [6, 6.07) is 7.53. The van der Waals surface area contributed by atoms with E-state index in [1.54, 1.807) is 0 Å². The first-order valence-corrected chi connectivity index (χ1v) is 6.97. The van der Waals surface area contributed by atoms with E-state index in [1.807, 2.05) is 0 Å². The Morgan fingerprint density at radius 3 is 2.33 bits per heavy atom. The molecule has 0 saturated carbocycles. The number of pyridine rings is 1. The van der Waals surface area contributed by atoms with E-state index in [4.69, 9.17) is 16.3 Å². The molecule has 0 aliphatic carbocycles. The lowest BCUT2D eigenvalue weighted by atomic mass is 10.2. The van der Waals surface area contributed by atoms with Crippen LogP contribution in [0.3, 0.4) is 0 Å². The van der Waals surface area contributed by atoms with Gasteiger partial charge in [0.15, 0.2) is 6.61 Å². The van der Waals surface area contributed by atoms with Crippen LogP contribution < -0.4 is 10.9 Å². The zero-order chi connectivity index (χ0) is 17.5. The second-order valence-corrected chi connectivity index (χ2v) is 4.84. The Balaban J connectivity index is 1.77. The van der Waals surface area contributed by atoms with E-state index in [2.05, 4.69) is 15.8 Å². The van der Waals surface area contributed by atoms with Gasteiger partial charge in [-0.25, -0.2) is 14.2 Å². The predicted molar refractivity (Wildman–Crippen MR) is 81.5 cm³/mol. The number of esters is 1. The molecule has 0 spiro atoms. The van der Waals surface area contributed by atoms with Gasteiger partial charge >= 0.3 is 5.97 Å². The number of nitrogens with one attached hydrogen (secondary N) is 2. The van der Waals surface area contributed by atoms with Crippen molar-refractivity contribution in [2.24, 2.45) is 0 Å². The molecule has 0 radical (unpaired) electrons. The van der Waals surface area contributed by atoms with Crippen molar-refractivity contribution in [3.8, 4) is 0 Å². The van der Waals surface area contributed by atoms with Gasteiger partial charge in [-0.05, 0) is 36.4 Å². The summed E-state index contributed by atoms with van der Waals surface area (Å²) in [6.45, 7) is -0.606. The maximum atomic E-state index is 12.7. The van der Waals surface area contributed by atoms with Gasteiger partial charge in [-0.3, -0.25) is 20.4 Å². The van der Waals surface area contributed by atoms with Gasteiger partial charge in [0, 0.05) is 11.8 Å². The fourth-order valence-corrected chi connectivity index (χ4v) is 1.66. The second-order valence-electron chi connectivity index (χ2n) is 4.45. The number of carbonyl (C=O) groups is 3. The molecule has 0 aliphatic rings. The van der Waals surface area contributed by atoms with Crippen molar-refractivity contribution in [2.75, 3.05) is 6.61 Å². The highest BCUT2D eigenvalue weighted by Gasteiger charge is 2.12. The van der Waals surface area contributed by atoms with Gasteiger partial charge in [0.2, 0.25) is 0 Å². The number of benzene rings is 1. The van der Waals surface area contributed by atoms with Gasteiger partial charge in [0.05, 0.1) is 5.56 Å². The first kappa shape index (κ1) is 17.4. The SMILES string of the molecule is O=C(COC(=O)c1ccc(Cl)nc1)NNC(=O)c1ccc(F)cc1. The molecule has 2 N–H and O–H groups in total. The maximum Gasteiger partial charge on any atom is 0.340 e. The topological polar surface area (TPSA) is 97.4 Å². The van der Waals surface area contributed by atoms with Crippen LogP contribution in [0.4, 0.5) is 4.39 Å².